The van der Waals surface area contributed by atoms with Gasteiger partial charge in [-0.05, 0) is 61.6 Å². The molecule has 3 rings (SSSR count). The number of aryl methyl sites for hydroxylation is 1. The Bertz CT molecular complexity index is 918. The second-order valence-electron chi connectivity index (χ2n) is 7.21. The molecular weight excluding hydrogens is 376 g/mol. The van der Waals surface area contributed by atoms with Gasteiger partial charge < -0.3 is 10.1 Å². The minimum Gasteiger partial charge on any atom is -0.484 e. The maximum Gasteiger partial charge on any atom is 0.262 e. The molecule has 1 aliphatic heterocycles. The summed E-state index contributed by atoms with van der Waals surface area (Å²) < 4.78 is 32.5. The second-order valence-corrected chi connectivity index (χ2v) is 9.15. The van der Waals surface area contributed by atoms with Crippen molar-refractivity contribution in [2.45, 2.75) is 31.6 Å². The van der Waals surface area contributed by atoms with Gasteiger partial charge in [0, 0.05) is 18.8 Å². The Morgan fingerprint density at radius 1 is 1.11 bits per heavy atom. The lowest BCUT2D eigenvalue weighted by molar-refractivity contribution is -0.118. The normalized spacial score (nSPS) is 15.9. The van der Waals surface area contributed by atoms with Gasteiger partial charge in [0.05, 0.1) is 4.90 Å². The Hall–Kier alpha value is -2.38. The molecule has 6 nitrogen and oxygen atoms in total. The zero-order valence-electron chi connectivity index (χ0n) is 16.2. The second kappa shape index (κ2) is 8.75. The van der Waals surface area contributed by atoms with E-state index >= 15 is 0 Å². The summed E-state index contributed by atoms with van der Waals surface area (Å²) >= 11 is 0. The highest BCUT2D eigenvalue weighted by molar-refractivity contribution is 7.89. The molecule has 0 saturated carbocycles. The fourth-order valence-electron chi connectivity index (χ4n) is 3.13. The van der Waals surface area contributed by atoms with E-state index < -0.39 is 10.0 Å². The number of carbonyl (C=O) groups is 1. The van der Waals surface area contributed by atoms with E-state index in [-0.39, 0.29) is 17.4 Å². The summed E-state index contributed by atoms with van der Waals surface area (Å²) in [4.78, 5) is 12.3. The molecule has 0 unspecified atom stereocenters. The summed E-state index contributed by atoms with van der Waals surface area (Å²) in [7, 11) is -3.48. The first-order valence-corrected chi connectivity index (χ1v) is 10.9. The summed E-state index contributed by atoms with van der Waals surface area (Å²) in [5.74, 6) is 0.743. The SMILES string of the molecule is Cc1ccccc1NC(=O)COc1ccc(S(=O)(=O)N2CCC(C)CC2)cc1. The van der Waals surface area contributed by atoms with Crippen molar-refractivity contribution in [1.29, 1.82) is 0 Å². The summed E-state index contributed by atoms with van der Waals surface area (Å²) in [6.07, 6.45) is 1.77. The molecule has 0 radical (unpaired) electrons. The quantitative estimate of drug-likeness (QED) is 0.803. The third-order valence-corrected chi connectivity index (χ3v) is 6.91. The van der Waals surface area contributed by atoms with E-state index in [1.54, 1.807) is 16.4 Å². The summed E-state index contributed by atoms with van der Waals surface area (Å²) in [6, 6.07) is 13.7. The third kappa shape index (κ3) is 4.91. The average Bonchev–Trinajstić information content (AvgIpc) is 2.69. The number of nitrogens with one attached hydrogen (secondary N) is 1. The molecule has 0 atom stereocenters. The molecule has 0 aromatic heterocycles. The number of carbonyl (C=O) groups excluding carboxylic acids is 1. The van der Waals surface area contributed by atoms with E-state index in [0.717, 1.165) is 24.1 Å². The molecule has 2 aromatic rings. The molecule has 1 amide bonds. The van der Waals surface area contributed by atoms with Crippen LogP contribution in [0.4, 0.5) is 5.69 Å². The first kappa shape index (κ1) is 20.4. The summed E-state index contributed by atoms with van der Waals surface area (Å²) in [5, 5.41) is 2.80. The predicted molar refractivity (Wildman–Crippen MR) is 109 cm³/mol. The van der Waals surface area contributed by atoms with Gasteiger partial charge in [0.15, 0.2) is 6.61 Å². The van der Waals surface area contributed by atoms with Crippen LogP contribution in [-0.2, 0) is 14.8 Å². The number of hydrogen-bond acceptors (Lipinski definition) is 4. The highest BCUT2D eigenvalue weighted by Crippen LogP contribution is 2.24. The Balaban J connectivity index is 1.57. The van der Waals surface area contributed by atoms with Gasteiger partial charge in [-0.3, -0.25) is 4.79 Å². The fraction of sp³-hybridized carbons (Fsp3) is 0.381. The van der Waals surface area contributed by atoms with E-state index in [4.69, 9.17) is 4.74 Å². The van der Waals surface area contributed by atoms with Crippen molar-refractivity contribution >= 4 is 21.6 Å². The lowest BCUT2D eigenvalue weighted by atomic mass is 10.0. The number of benzene rings is 2. The maximum atomic E-state index is 12.7. The lowest BCUT2D eigenvalue weighted by Gasteiger charge is -2.29. The highest BCUT2D eigenvalue weighted by Gasteiger charge is 2.27. The van der Waals surface area contributed by atoms with Crippen LogP contribution < -0.4 is 10.1 Å². The van der Waals surface area contributed by atoms with Crippen LogP contribution in [0.5, 0.6) is 5.75 Å². The molecule has 1 heterocycles. The van der Waals surface area contributed by atoms with E-state index in [1.807, 2.05) is 31.2 Å². The van der Waals surface area contributed by atoms with Crippen molar-refractivity contribution in [3.05, 3.63) is 54.1 Å². The summed E-state index contributed by atoms with van der Waals surface area (Å²) in [5.41, 5.74) is 1.71. The molecule has 2 aromatic carbocycles. The predicted octanol–water partition coefficient (Wildman–Crippen LogP) is 3.43. The molecule has 0 spiro atoms. The van der Waals surface area contributed by atoms with Crippen LogP contribution in [-0.4, -0.2) is 38.3 Å². The van der Waals surface area contributed by atoms with Crippen molar-refractivity contribution in [2.24, 2.45) is 5.92 Å². The van der Waals surface area contributed by atoms with Crippen molar-refractivity contribution in [1.82, 2.24) is 4.31 Å². The van der Waals surface area contributed by atoms with Crippen LogP contribution in [0.15, 0.2) is 53.4 Å². The van der Waals surface area contributed by atoms with Gasteiger partial charge in [-0.2, -0.15) is 4.31 Å². The lowest BCUT2D eigenvalue weighted by Crippen LogP contribution is -2.37. The van der Waals surface area contributed by atoms with E-state index in [0.29, 0.717) is 24.8 Å². The number of nitrogens with zero attached hydrogens (tertiary/aromatic N) is 1. The van der Waals surface area contributed by atoms with Crippen LogP contribution in [0.3, 0.4) is 0 Å². The van der Waals surface area contributed by atoms with Crippen molar-refractivity contribution in [3.63, 3.8) is 0 Å². The highest BCUT2D eigenvalue weighted by atomic mass is 32.2. The van der Waals surface area contributed by atoms with Gasteiger partial charge in [0.25, 0.3) is 5.91 Å². The molecule has 7 heteroatoms. The number of hydrogen-bond donors (Lipinski definition) is 1. The van der Waals surface area contributed by atoms with Crippen LogP contribution in [0.25, 0.3) is 0 Å². The Kier molecular flexibility index (Phi) is 6.36. The van der Waals surface area contributed by atoms with Crippen LogP contribution >= 0.6 is 0 Å². The van der Waals surface area contributed by atoms with Crippen LogP contribution in [0.1, 0.15) is 25.3 Å². The van der Waals surface area contributed by atoms with Crippen LogP contribution in [0, 0.1) is 12.8 Å². The van der Waals surface area contributed by atoms with Crippen molar-refractivity contribution in [2.75, 3.05) is 25.0 Å². The summed E-state index contributed by atoms with van der Waals surface area (Å²) in [6.45, 7) is 5.02. The molecule has 1 aliphatic rings. The molecule has 0 bridgehead atoms. The van der Waals surface area contributed by atoms with Gasteiger partial charge in [-0.25, -0.2) is 8.42 Å². The topological polar surface area (TPSA) is 75.7 Å². The number of para-hydroxylation sites is 1. The molecule has 1 fully saturated rings. The van der Waals surface area contributed by atoms with Gasteiger partial charge in [0.2, 0.25) is 10.0 Å². The Morgan fingerprint density at radius 2 is 1.75 bits per heavy atom. The van der Waals surface area contributed by atoms with Crippen molar-refractivity contribution < 1.29 is 17.9 Å². The minimum atomic E-state index is -3.48. The van der Waals surface area contributed by atoms with Gasteiger partial charge in [0.1, 0.15) is 5.75 Å². The standard InChI is InChI=1S/C21H26N2O4S/c1-16-11-13-23(14-12-16)28(25,26)19-9-7-18(8-10-19)27-15-21(24)22-20-6-4-3-5-17(20)2/h3-10,16H,11-15H2,1-2H3,(H,22,24). The average molecular weight is 403 g/mol. The van der Waals surface area contributed by atoms with Gasteiger partial charge in [-0.15, -0.1) is 0 Å². The number of rotatable bonds is 6. The van der Waals surface area contributed by atoms with Gasteiger partial charge in [-0.1, -0.05) is 25.1 Å². The smallest absolute Gasteiger partial charge is 0.262 e. The number of anilines is 1. The van der Waals surface area contributed by atoms with E-state index in [9.17, 15) is 13.2 Å². The number of amides is 1. The van der Waals surface area contributed by atoms with E-state index in [2.05, 4.69) is 12.2 Å². The first-order valence-electron chi connectivity index (χ1n) is 9.45. The molecule has 150 valence electrons. The minimum absolute atomic E-state index is 0.148. The fourth-order valence-corrected chi connectivity index (χ4v) is 4.60. The molecular formula is C21H26N2O4S. The molecule has 28 heavy (non-hydrogen) atoms. The Morgan fingerprint density at radius 3 is 2.39 bits per heavy atom. The number of piperidine rings is 1. The molecule has 1 saturated heterocycles. The largest absolute Gasteiger partial charge is 0.484 e. The van der Waals surface area contributed by atoms with E-state index in [1.165, 1.54) is 12.1 Å². The van der Waals surface area contributed by atoms with Gasteiger partial charge >= 0.3 is 0 Å². The number of sulfonamides is 1. The maximum absolute atomic E-state index is 12.7. The monoisotopic (exact) mass is 402 g/mol. The third-order valence-electron chi connectivity index (χ3n) is 4.99. The first-order chi connectivity index (χ1) is 13.4. The van der Waals surface area contributed by atoms with Crippen molar-refractivity contribution in [3.8, 4) is 5.75 Å². The number of ether oxygens (including phenoxy) is 1. The van der Waals surface area contributed by atoms with Crippen LogP contribution in [0.2, 0.25) is 0 Å². The zero-order chi connectivity index (χ0) is 20.1. The Labute approximate surface area is 166 Å². The molecule has 1 N–H and O–H groups in total. The zero-order valence-corrected chi connectivity index (χ0v) is 17.0. The molecule has 0 aliphatic carbocycles.